The molecule has 0 bridgehead atoms. The second kappa shape index (κ2) is 8.44. The lowest BCUT2D eigenvalue weighted by Gasteiger charge is -2.16. The highest BCUT2D eigenvalue weighted by Gasteiger charge is 2.31. The highest BCUT2D eigenvalue weighted by molar-refractivity contribution is 5.60. The quantitative estimate of drug-likeness (QED) is 0.449. The van der Waals surface area contributed by atoms with Gasteiger partial charge in [-0.25, -0.2) is 4.39 Å². The van der Waals surface area contributed by atoms with Gasteiger partial charge < -0.3 is 15.4 Å². The van der Waals surface area contributed by atoms with Crippen LogP contribution in [0.25, 0.3) is 16.9 Å². The number of anilines is 1. The van der Waals surface area contributed by atoms with Crippen LogP contribution in [0.3, 0.4) is 0 Å². The molecule has 2 fully saturated rings. The summed E-state index contributed by atoms with van der Waals surface area (Å²) < 4.78 is 21.9. The highest BCUT2D eigenvalue weighted by Crippen LogP contribution is 2.42. The third kappa shape index (κ3) is 4.14. The Hall–Kier alpha value is -3.52. The number of benzene rings is 1. The lowest BCUT2D eigenvalue weighted by Crippen LogP contribution is -2.27. The van der Waals surface area contributed by atoms with E-state index in [0.717, 1.165) is 46.7 Å². The molecule has 33 heavy (non-hydrogen) atoms. The Morgan fingerprint density at radius 2 is 2.00 bits per heavy atom. The van der Waals surface area contributed by atoms with E-state index in [4.69, 9.17) is 9.72 Å². The number of halogens is 1. The predicted molar refractivity (Wildman–Crippen MR) is 124 cm³/mol. The summed E-state index contributed by atoms with van der Waals surface area (Å²) in [4.78, 5) is 9.10. The zero-order chi connectivity index (χ0) is 22.2. The van der Waals surface area contributed by atoms with Crippen molar-refractivity contribution in [3.63, 3.8) is 0 Å². The van der Waals surface area contributed by atoms with Crippen LogP contribution < -0.4 is 15.4 Å². The largest absolute Gasteiger partial charge is 0.470 e. The Morgan fingerprint density at radius 3 is 2.73 bits per heavy atom. The van der Waals surface area contributed by atoms with Crippen molar-refractivity contribution in [2.45, 2.75) is 37.6 Å². The number of fused-ring (bicyclic) bond motifs is 1. The lowest BCUT2D eigenvalue weighted by molar-refractivity contribution is 0.135. The normalized spacial score (nSPS) is 20.3. The van der Waals surface area contributed by atoms with Crippen molar-refractivity contribution < 1.29 is 9.13 Å². The van der Waals surface area contributed by atoms with E-state index in [1.807, 2.05) is 35.0 Å². The minimum absolute atomic E-state index is 0.312. The van der Waals surface area contributed by atoms with Gasteiger partial charge in [-0.2, -0.15) is 14.6 Å². The Labute approximate surface area is 191 Å². The Kier molecular flexibility index (Phi) is 5.14. The summed E-state index contributed by atoms with van der Waals surface area (Å²) in [5, 5.41) is 11.1. The van der Waals surface area contributed by atoms with Crippen LogP contribution in [0, 0.1) is 0 Å². The first kappa shape index (κ1) is 20.1. The zero-order valence-electron chi connectivity index (χ0n) is 18.1. The van der Waals surface area contributed by atoms with Crippen molar-refractivity contribution in [2.75, 3.05) is 18.4 Å². The zero-order valence-corrected chi connectivity index (χ0v) is 18.1. The van der Waals surface area contributed by atoms with E-state index in [1.54, 1.807) is 6.20 Å². The molecule has 0 unspecified atom stereocenters. The van der Waals surface area contributed by atoms with Gasteiger partial charge in [-0.3, -0.25) is 4.98 Å². The number of rotatable bonds is 7. The summed E-state index contributed by atoms with van der Waals surface area (Å²) in [6, 6.07) is 16.0. The van der Waals surface area contributed by atoms with Crippen LogP contribution in [0.15, 0.2) is 60.9 Å². The second-order valence-electron chi connectivity index (χ2n) is 8.69. The molecule has 1 aliphatic heterocycles. The maximum atomic E-state index is 14.1. The smallest absolute Gasteiger partial charge is 0.219 e. The average Bonchev–Trinajstić information content (AvgIpc) is 3.49. The monoisotopic (exact) mass is 444 g/mol. The number of hydrogen-bond acceptors (Lipinski definition) is 6. The van der Waals surface area contributed by atoms with Crippen molar-refractivity contribution in [1.29, 1.82) is 0 Å². The molecule has 0 spiro atoms. The topological polar surface area (TPSA) is 76.4 Å². The summed E-state index contributed by atoms with van der Waals surface area (Å²) in [6.45, 7) is 1.40. The van der Waals surface area contributed by atoms with Crippen LogP contribution in [0.4, 0.5) is 10.2 Å². The molecule has 8 heteroatoms. The highest BCUT2D eigenvalue weighted by atomic mass is 19.1. The standard InChI is InChI=1S/C25H25FN6O/c26-20-14-27-15-22(20)33-24-11-23(32-25(31-24)19(13-30-32)17-8-9-17)29-12-16-4-6-18(7-5-16)21-3-1-2-10-28-21/h1-7,10-11,13,17,20,22,27,29H,8-9,12,14-15H2/t20-,22-/m0/s1. The molecule has 6 rings (SSSR count). The lowest BCUT2D eigenvalue weighted by atomic mass is 10.1. The van der Waals surface area contributed by atoms with Crippen molar-refractivity contribution in [3.8, 4) is 17.1 Å². The average molecular weight is 445 g/mol. The van der Waals surface area contributed by atoms with Gasteiger partial charge in [0.1, 0.15) is 11.9 Å². The van der Waals surface area contributed by atoms with Gasteiger partial charge in [0.05, 0.1) is 11.9 Å². The summed E-state index contributed by atoms with van der Waals surface area (Å²) in [6.07, 6.45) is 4.43. The summed E-state index contributed by atoms with van der Waals surface area (Å²) in [7, 11) is 0. The van der Waals surface area contributed by atoms with Gasteiger partial charge in [-0.05, 0) is 36.5 Å². The summed E-state index contributed by atoms with van der Waals surface area (Å²) in [5.74, 6) is 1.70. The SMILES string of the molecule is F[C@H]1CNC[C@@H]1Oc1cc(NCc2ccc(-c3ccccn3)cc2)n2ncc(C3CC3)c2n1. The second-order valence-corrected chi connectivity index (χ2v) is 8.69. The molecule has 2 N–H and O–H groups in total. The molecular weight excluding hydrogens is 419 g/mol. The molecule has 2 atom stereocenters. The van der Waals surface area contributed by atoms with Crippen LogP contribution in [0.1, 0.15) is 29.9 Å². The van der Waals surface area contributed by atoms with Crippen molar-refractivity contribution >= 4 is 11.5 Å². The summed E-state index contributed by atoms with van der Waals surface area (Å²) in [5.41, 5.74) is 5.06. The molecule has 168 valence electrons. The van der Waals surface area contributed by atoms with Crippen LogP contribution in [0.2, 0.25) is 0 Å². The van der Waals surface area contributed by atoms with Gasteiger partial charge in [0.2, 0.25) is 5.88 Å². The number of ether oxygens (including phenoxy) is 1. The molecule has 1 aromatic carbocycles. The van der Waals surface area contributed by atoms with Gasteiger partial charge in [0.15, 0.2) is 11.8 Å². The minimum Gasteiger partial charge on any atom is -0.470 e. The first-order valence-corrected chi connectivity index (χ1v) is 11.4. The van der Waals surface area contributed by atoms with Crippen molar-refractivity contribution in [2.24, 2.45) is 0 Å². The van der Waals surface area contributed by atoms with E-state index >= 15 is 0 Å². The van der Waals surface area contributed by atoms with E-state index in [1.165, 1.54) is 0 Å². The van der Waals surface area contributed by atoms with E-state index in [0.29, 0.717) is 31.4 Å². The Bertz CT molecular complexity index is 1260. The maximum Gasteiger partial charge on any atom is 0.219 e. The number of nitrogens with zero attached hydrogens (tertiary/aromatic N) is 4. The summed E-state index contributed by atoms with van der Waals surface area (Å²) >= 11 is 0. The third-order valence-corrected chi connectivity index (χ3v) is 6.24. The fourth-order valence-corrected chi connectivity index (χ4v) is 4.24. The fraction of sp³-hybridized carbons (Fsp3) is 0.320. The first-order valence-electron chi connectivity index (χ1n) is 11.4. The van der Waals surface area contributed by atoms with Crippen LogP contribution in [-0.4, -0.2) is 44.9 Å². The van der Waals surface area contributed by atoms with E-state index < -0.39 is 12.3 Å². The van der Waals surface area contributed by atoms with E-state index in [2.05, 4.69) is 45.0 Å². The molecule has 2 aliphatic rings. The molecule has 0 amide bonds. The molecule has 3 aromatic heterocycles. The van der Waals surface area contributed by atoms with Crippen LogP contribution in [-0.2, 0) is 6.54 Å². The number of alkyl halides is 1. The number of pyridine rings is 1. The Balaban J connectivity index is 1.25. The van der Waals surface area contributed by atoms with Gasteiger partial charge in [0.25, 0.3) is 0 Å². The van der Waals surface area contributed by atoms with E-state index in [-0.39, 0.29) is 0 Å². The maximum absolute atomic E-state index is 14.1. The van der Waals surface area contributed by atoms with Crippen LogP contribution >= 0.6 is 0 Å². The molecule has 1 saturated carbocycles. The Morgan fingerprint density at radius 1 is 1.12 bits per heavy atom. The predicted octanol–water partition coefficient (Wildman–Crippen LogP) is 3.97. The van der Waals surface area contributed by atoms with Gasteiger partial charge in [0, 0.05) is 43.0 Å². The van der Waals surface area contributed by atoms with Gasteiger partial charge in [-0.15, -0.1) is 0 Å². The molecule has 7 nitrogen and oxygen atoms in total. The number of nitrogens with one attached hydrogen (secondary N) is 2. The fourth-order valence-electron chi connectivity index (χ4n) is 4.24. The van der Waals surface area contributed by atoms with Crippen molar-refractivity contribution in [3.05, 3.63) is 72.1 Å². The van der Waals surface area contributed by atoms with Gasteiger partial charge in [-0.1, -0.05) is 30.3 Å². The van der Waals surface area contributed by atoms with E-state index in [9.17, 15) is 4.39 Å². The molecule has 4 heterocycles. The number of hydrogen-bond donors (Lipinski definition) is 2. The molecule has 0 radical (unpaired) electrons. The third-order valence-electron chi connectivity index (χ3n) is 6.24. The minimum atomic E-state index is -1.04. The molecule has 4 aromatic rings. The van der Waals surface area contributed by atoms with Crippen molar-refractivity contribution in [1.82, 2.24) is 24.9 Å². The van der Waals surface area contributed by atoms with Gasteiger partial charge >= 0.3 is 0 Å². The molecular formula is C25H25FN6O. The first-order chi connectivity index (χ1) is 16.2. The number of aromatic nitrogens is 4. The molecule has 1 saturated heterocycles. The molecule has 1 aliphatic carbocycles. The van der Waals surface area contributed by atoms with Crippen LogP contribution in [0.5, 0.6) is 5.88 Å².